The maximum Gasteiger partial charge on any atom is 0.0591 e. The average Bonchev–Trinajstić information content (AvgIpc) is 2.38. The van der Waals surface area contributed by atoms with Gasteiger partial charge in [0.05, 0.1) is 6.61 Å². The molecule has 2 rings (SSSR count). The van der Waals surface area contributed by atoms with Crippen LogP contribution in [0, 0.1) is 5.92 Å². The average molecular weight is 300 g/mol. The molecule has 1 N–H and O–H groups in total. The fourth-order valence-electron chi connectivity index (χ4n) is 2.20. The molecule has 0 aromatic heterocycles. The number of hydrogen-bond donors (Lipinski definition) is 1. The Morgan fingerprint density at radius 3 is 3.11 bits per heavy atom. The van der Waals surface area contributed by atoms with E-state index in [-0.39, 0.29) is 0 Å². The number of rotatable bonds is 6. The minimum absolute atomic E-state index is 0.414. The molecule has 106 valence electrons. The Morgan fingerprint density at radius 2 is 2.32 bits per heavy atom. The van der Waals surface area contributed by atoms with E-state index in [1.54, 1.807) is 0 Å². The van der Waals surface area contributed by atoms with E-state index in [1.165, 1.54) is 16.2 Å². The SMILES string of the molecule is CC(C)COCCNC1CCSc2ccc(Cl)cc21. The Hall–Kier alpha value is -0.220. The van der Waals surface area contributed by atoms with Gasteiger partial charge in [0.2, 0.25) is 0 Å². The molecule has 1 heterocycles. The quantitative estimate of drug-likeness (QED) is 0.798. The van der Waals surface area contributed by atoms with E-state index in [1.807, 2.05) is 17.8 Å². The van der Waals surface area contributed by atoms with Crippen LogP contribution in [0.1, 0.15) is 31.9 Å². The zero-order valence-corrected chi connectivity index (χ0v) is 13.2. The molecule has 1 atom stereocenters. The summed E-state index contributed by atoms with van der Waals surface area (Å²) in [4.78, 5) is 1.36. The third kappa shape index (κ3) is 4.67. The van der Waals surface area contributed by atoms with Gasteiger partial charge in [-0.1, -0.05) is 25.4 Å². The first-order chi connectivity index (χ1) is 9.16. The monoisotopic (exact) mass is 299 g/mol. The van der Waals surface area contributed by atoms with Crippen LogP contribution in [-0.4, -0.2) is 25.5 Å². The maximum absolute atomic E-state index is 6.10. The predicted molar refractivity (Wildman–Crippen MR) is 83.2 cm³/mol. The molecule has 0 amide bonds. The number of nitrogens with one attached hydrogen (secondary N) is 1. The van der Waals surface area contributed by atoms with Crippen LogP contribution in [0.5, 0.6) is 0 Å². The summed E-state index contributed by atoms with van der Waals surface area (Å²) in [6, 6.07) is 6.61. The van der Waals surface area contributed by atoms with Crippen LogP contribution in [-0.2, 0) is 4.74 Å². The highest BCUT2D eigenvalue weighted by atomic mass is 35.5. The lowest BCUT2D eigenvalue weighted by atomic mass is 10.0. The van der Waals surface area contributed by atoms with Crippen LogP contribution in [0.2, 0.25) is 5.02 Å². The third-order valence-electron chi connectivity index (χ3n) is 3.10. The van der Waals surface area contributed by atoms with Crippen molar-refractivity contribution >= 4 is 23.4 Å². The van der Waals surface area contributed by atoms with Gasteiger partial charge >= 0.3 is 0 Å². The van der Waals surface area contributed by atoms with E-state index in [2.05, 4.69) is 31.3 Å². The van der Waals surface area contributed by atoms with Crippen molar-refractivity contribution in [1.82, 2.24) is 5.32 Å². The first kappa shape index (κ1) is 15.2. The number of fused-ring (bicyclic) bond motifs is 1. The van der Waals surface area contributed by atoms with Crippen molar-refractivity contribution in [3.05, 3.63) is 28.8 Å². The molecule has 0 saturated heterocycles. The number of hydrogen-bond acceptors (Lipinski definition) is 3. The molecule has 0 radical (unpaired) electrons. The van der Waals surface area contributed by atoms with Crippen molar-refractivity contribution in [2.24, 2.45) is 5.92 Å². The highest BCUT2D eigenvalue weighted by Crippen LogP contribution is 2.37. The normalized spacial score (nSPS) is 18.6. The van der Waals surface area contributed by atoms with Gasteiger partial charge in [-0.05, 0) is 41.9 Å². The maximum atomic E-state index is 6.10. The van der Waals surface area contributed by atoms with Crippen molar-refractivity contribution in [2.75, 3.05) is 25.5 Å². The highest BCUT2D eigenvalue weighted by Gasteiger charge is 2.20. The number of thioether (sulfide) groups is 1. The van der Waals surface area contributed by atoms with Crippen LogP contribution < -0.4 is 5.32 Å². The molecule has 0 saturated carbocycles. The Morgan fingerprint density at radius 1 is 1.47 bits per heavy atom. The van der Waals surface area contributed by atoms with Gasteiger partial charge in [-0.25, -0.2) is 0 Å². The molecule has 4 heteroatoms. The van der Waals surface area contributed by atoms with Crippen molar-refractivity contribution < 1.29 is 4.74 Å². The topological polar surface area (TPSA) is 21.3 Å². The van der Waals surface area contributed by atoms with E-state index >= 15 is 0 Å². The Balaban J connectivity index is 1.84. The summed E-state index contributed by atoms with van der Waals surface area (Å²) in [7, 11) is 0. The van der Waals surface area contributed by atoms with Crippen molar-refractivity contribution in [3.8, 4) is 0 Å². The molecule has 1 aromatic rings. The van der Waals surface area contributed by atoms with Crippen LogP contribution >= 0.6 is 23.4 Å². The van der Waals surface area contributed by atoms with Crippen LogP contribution in [0.25, 0.3) is 0 Å². The van der Waals surface area contributed by atoms with Crippen molar-refractivity contribution in [3.63, 3.8) is 0 Å². The fraction of sp³-hybridized carbons (Fsp3) is 0.600. The molecule has 2 nitrogen and oxygen atoms in total. The third-order valence-corrected chi connectivity index (χ3v) is 4.46. The molecule has 1 aliphatic rings. The summed E-state index contributed by atoms with van der Waals surface area (Å²) < 4.78 is 5.60. The summed E-state index contributed by atoms with van der Waals surface area (Å²) in [5.74, 6) is 1.77. The molecule has 0 bridgehead atoms. The molecule has 1 unspecified atom stereocenters. The summed E-state index contributed by atoms with van der Waals surface area (Å²) in [6.07, 6.45) is 1.15. The van der Waals surface area contributed by atoms with Gasteiger partial charge < -0.3 is 10.1 Å². The summed E-state index contributed by atoms with van der Waals surface area (Å²) in [6.45, 7) is 6.85. The Labute approximate surface area is 125 Å². The number of halogens is 1. The summed E-state index contributed by atoms with van der Waals surface area (Å²) >= 11 is 8.02. The molecule has 0 spiro atoms. The van der Waals surface area contributed by atoms with Crippen molar-refractivity contribution in [2.45, 2.75) is 31.2 Å². The van der Waals surface area contributed by atoms with Crippen molar-refractivity contribution in [1.29, 1.82) is 0 Å². The minimum Gasteiger partial charge on any atom is -0.380 e. The number of ether oxygens (including phenoxy) is 1. The minimum atomic E-state index is 0.414. The van der Waals surface area contributed by atoms with Gasteiger partial charge in [-0.3, -0.25) is 0 Å². The van der Waals surface area contributed by atoms with Gasteiger partial charge in [0.1, 0.15) is 0 Å². The molecule has 1 aliphatic heterocycles. The van der Waals surface area contributed by atoms with E-state index in [0.29, 0.717) is 12.0 Å². The molecule has 19 heavy (non-hydrogen) atoms. The van der Waals surface area contributed by atoms with Gasteiger partial charge in [0.25, 0.3) is 0 Å². The lowest BCUT2D eigenvalue weighted by Gasteiger charge is -2.26. The van der Waals surface area contributed by atoms with E-state index in [4.69, 9.17) is 16.3 Å². The second-order valence-corrected chi connectivity index (χ2v) is 6.87. The van der Waals surface area contributed by atoms with Gasteiger partial charge in [-0.2, -0.15) is 0 Å². The molecule has 0 fully saturated rings. The fourth-order valence-corrected chi connectivity index (χ4v) is 3.49. The largest absolute Gasteiger partial charge is 0.380 e. The second-order valence-electron chi connectivity index (χ2n) is 5.29. The summed E-state index contributed by atoms with van der Waals surface area (Å²) in [5.41, 5.74) is 1.34. The standard InChI is InChI=1S/C15H22ClNOS/c1-11(2)10-18-7-6-17-14-5-8-19-15-4-3-12(16)9-13(14)15/h3-4,9,11,14,17H,5-8,10H2,1-2H3. The first-order valence-corrected chi connectivity index (χ1v) is 8.26. The van der Waals surface area contributed by atoms with Crippen LogP contribution in [0.15, 0.2) is 23.1 Å². The first-order valence-electron chi connectivity index (χ1n) is 6.90. The van der Waals surface area contributed by atoms with Crippen LogP contribution in [0.3, 0.4) is 0 Å². The zero-order chi connectivity index (χ0) is 13.7. The van der Waals surface area contributed by atoms with Gasteiger partial charge in [0.15, 0.2) is 0 Å². The molecular formula is C15H22ClNOS. The van der Waals surface area contributed by atoms with E-state index in [9.17, 15) is 0 Å². The second kappa shape index (κ2) is 7.53. The molecule has 0 aliphatic carbocycles. The lowest BCUT2D eigenvalue weighted by Crippen LogP contribution is -2.28. The van der Waals surface area contributed by atoms with E-state index < -0.39 is 0 Å². The van der Waals surface area contributed by atoms with Crippen LogP contribution in [0.4, 0.5) is 0 Å². The predicted octanol–water partition coefficient (Wildman–Crippen LogP) is 4.14. The number of benzene rings is 1. The lowest BCUT2D eigenvalue weighted by molar-refractivity contribution is 0.110. The van der Waals surface area contributed by atoms with Gasteiger partial charge in [-0.15, -0.1) is 11.8 Å². The van der Waals surface area contributed by atoms with E-state index in [0.717, 1.165) is 31.2 Å². The smallest absolute Gasteiger partial charge is 0.0591 e. The summed E-state index contributed by atoms with van der Waals surface area (Å²) in [5, 5.41) is 4.41. The molecular weight excluding hydrogens is 278 g/mol. The Kier molecular flexibility index (Phi) is 6.02. The Bertz CT molecular complexity index is 411. The molecule has 1 aromatic carbocycles. The van der Waals surface area contributed by atoms with Gasteiger partial charge in [0, 0.05) is 29.1 Å². The highest BCUT2D eigenvalue weighted by molar-refractivity contribution is 7.99. The zero-order valence-electron chi connectivity index (χ0n) is 11.6.